The second-order valence-electron chi connectivity index (χ2n) is 3.82. The Labute approximate surface area is 92.2 Å². The van der Waals surface area contributed by atoms with E-state index in [4.69, 9.17) is 14.5 Å². The molecule has 2 N–H and O–H groups in total. The SMILES string of the molecule is CCCCCCCCCOCP(=O)(O)O. The number of rotatable bonds is 10. The van der Waals surface area contributed by atoms with Crippen molar-refractivity contribution in [3.63, 3.8) is 0 Å². The van der Waals surface area contributed by atoms with Crippen molar-refractivity contribution in [3.8, 4) is 0 Å². The second kappa shape index (κ2) is 9.34. The summed E-state index contributed by atoms with van der Waals surface area (Å²) in [6.07, 6.45) is 7.84. The minimum absolute atomic E-state index is 0.442. The van der Waals surface area contributed by atoms with E-state index < -0.39 is 13.9 Å². The zero-order valence-electron chi connectivity index (χ0n) is 9.52. The van der Waals surface area contributed by atoms with E-state index in [1.165, 1.54) is 32.1 Å². The Morgan fingerprint density at radius 2 is 1.53 bits per heavy atom. The molecule has 0 spiro atoms. The lowest BCUT2D eigenvalue weighted by molar-refractivity contribution is 0.152. The zero-order valence-corrected chi connectivity index (χ0v) is 10.4. The third kappa shape index (κ3) is 14.1. The van der Waals surface area contributed by atoms with E-state index in [-0.39, 0.29) is 0 Å². The van der Waals surface area contributed by atoms with Crippen LogP contribution in [0.4, 0.5) is 0 Å². The molecule has 0 aliphatic rings. The Morgan fingerprint density at radius 1 is 1.00 bits per heavy atom. The summed E-state index contributed by atoms with van der Waals surface area (Å²) >= 11 is 0. The van der Waals surface area contributed by atoms with Gasteiger partial charge in [-0.25, -0.2) is 0 Å². The van der Waals surface area contributed by atoms with Crippen LogP contribution in [0.5, 0.6) is 0 Å². The highest BCUT2D eigenvalue weighted by molar-refractivity contribution is 7.51. The van der Waals surface area contributed by atoms with Gasteiger partial charge in [0.05, 0.1) is 0 Å². The van der Waals surface area contributed by atoms with Crippen LogP contribution in [0.1, 0.15) is 51.9 Å². The Bertz CT molecular complexity index is 178. The third-order valence-corrected chi connectivity index (χ3v) is 2.67. The first-order valence-corrected chi connectivity index (χ1v) is 7.48. The van der Waals surface area contributed by atoms with Crippen LogP contribution in [0, 0.1) is 0 Å². The maximum atomic E-state index is 10.4. The monoisotopic (exact) mass is 238 g/mol. The maximum absolute atomic E-state index is 10.4. The van der Waals surface area contributed by atoms with Crippen LogP contribution >= 0.6 is 7.60 Å². The summed E-state index contributed by atoms with van der Waals surface area (Å²) in [6, 6.07) is 0. The highest BCUT2D eigenvalue weighted by Gasteiger charge is 2.11. The summed E-state index contributed by atoms with van der Waals surface area (Å²) in [7, 11) is -3.96. The van der Waals surface area contributed by atoms with Gasteiger partial charge in [-0.15, -0.1) is 0 Å². The molecule has 0 aromatic rings. The van der Waals surface area contributed by atoms with E-state index in [9.17, 15) is 4.57 Å². The molecule has 92 valence electrons. The minimum Gasteiger partial charge on any atom is -0.369 e. The molecule has 0 aromatic heterocycles. The lowest BCUT2D eigenvalue weighted by Gasteiger charge is -2.05. The molecule has 0 aliphatic heterocycles. The molecule has 0 saturated heterocycles. The molecule has 0 radical (unpaired) electrons. The van der Waals surface area contributed by atoms with E-state index in [1.54, 1.807) is 0 Å². The smallest absolute Gasteiger partial charge is 0.350 e. The van der Waals surface area contributed by atoms with Gasteiger partial charge in [0.2, 0.25) is 0 Å². The summed E-state index contributed by atoms with van der Waals surface area (Å²) < 4.78 is 15.3. The average molecular weight is 238 g/mol. The number of unbranched alkanes of at least 4 members (excludes halogenated alkanes) is 6. The molecule has 0 atom stereocenters. The molecule has 0 rings (SSSR count). The fraction of sp³-hybridized carbons (Fsp3) is 1.00. The summed E-state index contributed by atoms with van der Waals surface area (Å²) in [5.74, 6) is 0. The molecule has 4 nitrogen and oxygen atoms in total. The van der Waals surface area contributed by atoms with Crippen LogP contribution in [0.3, 0.4) is 0 Å². The van der Waals surface area contributed by atoms with Crippen LogP contribution in [-0.2, 0) is 9.30 Å². The molecular formula is C10H23O4P. The second-order valence-corrected chi connectivity index (χ2v) is 5.41. The molecular weight excluding hydrogens is 215 g/mol. The minimum atomic E-state index is -3.96. The molecule has 0 aromatic carbocycles. The van der Waals surface area contributed by atoms with Crippen molar-refractivity contribution in [2.24, 2.45) is 0 Å². The molecule has 0 amide bonds. The largest absolute Gasteiger partial charge is 0.369 e. The first-order chi connectivity index (χ1) is 7.06. The van der Waals surface area contributed by atoms with Crippen LogP contribution in [0.15, 0.2) is 0 Å². The molecule has 0 fully saturated rings. The Morgan fingerprint density at radius 3 is 2.07 bits per heavy atom. The zero-order chi connectivity index (χ0) is 11.6. The van der Waals surface area contributed by atoms with E-state index >= 15 is 0 Å². The van der Waals surface area contributed by atoms with Crippen LogP contribution in [0.2, 0.25) is 0 Å². The van der Waals surface area contributed by atoms with Gasteiger partial charge >= 0.3 is 7.60 Å². The first kappa shape index (κ1) is 15.1. The fourth-order valence-corrected chi connectivity index (χ4v) is 1.71. The number of hydrogen-bond donors (Lipinski definition) is 2. The summed E-state index contributed by atoms with van der Waals surface area (Å²) in [6.45, 7) is 2.65. The molecule has 15 heavy (non-hydrogen) atoms. The van der Waals surface area contributed by atoms with Gasteiger partial charge in [-0.05, 0) is 6.42 Å². The molecule has 0 aliphatic carbocycles. The van der Waals surface area contributed by atoms with Crippen molar-refractivity contribution in [3.05, 3.63) is 0 Å². The predicted octanol–water partition coefficient (Wildman–Crippen LogP) is 2.89. The summed E-state index contributed by atoms with van der Waals surface area (Å²) in [5, 5.41) is 0. The van der Waals surface area contributed by atoms with Gasteiger partial charge in [-0.1, -0.05) is 45.4 Å². The van der Waals surface area contributed by atoms with Crippen LogP contribution < -0.4 is 0 Å². The van der Waals surface area contributed by atoms with Gasteiger partial charge in [0.15, 0.2) is 0 Å². The Kier molecular flexibility index (Phi) is 9.41. The Hall–Kier alpha value is 0.110. The molecule has 0 heterocycles. The normalized spacial score (nSPS) is 11.9. The van der Waals surface area contributed by atoms with E-state index in [2.05, 4.69) is 6.92 Å². The quantitative estimate of drug-likeness (QED) is 0.453. The standard InChI is InChI=1S/C10H23O4P/c1-2-3-4-5-6-7-8-9-14-10-15(11,12)13/h2-10H2,1H3,(H2,11,12,13). The van der Waals surface area contributed by atoms with Crippen LogP contribution in [0.25, 0.3) is 0 Å². The third-order valence-electron chi connectivity index (χ3n) is 2.15. The van der Waals surface area contributed by atoms with Gasteiger partial charge in [0.1, 0.15) is 6.35 Å². The number of ether oxygens (including phenoxy) is 1. The summed E-state index contributed by atoms with van der Waals surface area (Å²) in [4.78, 5) is 17.0. The van der Waals surface area contributed by atoms with Gasteiger partial charge in [-0.2, -0.15) is 0 Å². The lowest BCUT2D eigenvalue weighted by atomic mass is 10.1. The van der Waals surface area contributed by atoms with E-state index in [0.29, 0.717) is 6.61 Å². The van der Waals surface area contributed by atoms with E-state index in [1.807, 2.05) is 0 Å². The van der Waals surface area contributed by atoms with Gasteiger partial charge in [0.25, 0.3) is 0 Å². The predicted molar refractivity (Wildman–Crippen MR) is 60.9 cm³/mol. The van der Waals surface area contributed by atoms with Crippen molar-refractivity contribution in [1.82, 2.24) is 0 Å². The fourth-order valence-electron chi connectivity index (χ4n) is 1.34. The first-order valence-electron chi connectivity index (χ1n) is 5.68. The average Bonchev–Trinajstić information content (AvgIpc) is 2.14. The molecule has 5 heteroatoms. The molecule has 0 saturated carbocycles. The molecule has 0 unspecified atom stereocenters. The van der Waals surface area contributed by atoms with Gasteiger partial charge < -0.3 is 14.5 Å². The lowest BCUT2D eigenvalue weighted by Crippen LogP contribution is -1.97. The topological polar surface area (TPSA) is 66.8 Å². The van der Waals surface area contributed by atoms with E-state index in [0.717, 1.165) is 12.8 Å². The van der Waals surface area contributed by atoms with Crippen molar-refractivity contribution >= 4 is 7.60 Å². The number of hydrogen-bond acceptors (Lipinski definition) is 2. The Balaban J connectivity index is 3.02. The maximum Gasteiger partial charge on any atom is 0.350 e. The van der Waals surface area contributed by atoms with Crippen molar-refractivity contribution in [2.75, 3.05) is 13.0 Å². The molecule has 0 bridgehead atoms. The van der Waals surface area contributed by atoms with Crippen molar-refractivity contribution in [1.29, 1.82) is 0 Å². The van der Waals surface area contributed by atoms with Gasteiger partial charge in [0, 0.05) is 6.61 Å². The van der Waals surface area contributed by atoms with Gasteiger partial charge in [-0.3, -0.25) is 4.57 Å². The van der Waals surface area contributed by atoms with Crippen LogP contribution in [-0.4, -0.2) is 22.7 Å². The summed E-state index contributed by atoms with van der Waals surface area (Å²) in [5.41, 5.74) is 0. The van der Waals surface area contributed by atoms with Crippen molar-refractivity contribution in [2.45, 2.75) is 51.9 Å². The highest BCUT2D eigenvalue weighted by atomic mass is 31.2. The highest BCUT2D eigenvalue weighted by Crippen LogP contribution is 2.33. The van der Waals surface area contributed by atoms with Crippen molar-refractivity contribution < 1.29 is 19.1 Å².